The van der Waals surface area contributed by atoms with Crippen molar-refractivity contribution in [2.75, 3.05) is 11.4 Å². The molecule has 1 fully saturated rings. The number of hydrogen-bond acceptors (Lipinski definition) is 3. The number of fused-ring (bicyclic) bond motifs is 1. The summed E-state index contributed by atoms with van der Waals surface area (Å²) >= 11 is 0. The van der Waals surface area contributed by atoms with E-state index in [0.717, 1.165) is 29.6 Å². The molecule has 2 unspecified atom stereocenters. The molecule has 0 saturated carbocycles. The summed E-state index contributed by atoms with van der Waals surface area (Å²) < 4.78 is 0. The molecule has 1 aliphatic rings. The molecule has 1 aromatic carbocycles. The summed E-state index contributed by atoms with van der Waals surface area (Å²) in [5.41, 5.74) is 0. The Morgan fingerprint density at radius 1 is 1.35 bits per heavy atom. The van der Waals surface area contributed by atoms with E-state index in [1.165, 1.54) is 0 Å². The fourth-order valence-electron chi connectivity index (χ4n) is 2.96. The van der Waals surface area contributed by atoms with Gasteiger partial charge in [-0.2, -0.15) is 0 Å². The minimum absolute atomic E-state index is 0.447. The number of carboxylic acids is 1. The lowest BCUT2D eigenvalue weighted by Crippen LogP contribution is -2.47. The van der Waals surface area contributed by atoms with E-state index in [1.54, 1.807) is 6.20 Å². The number of piperidine rings is 1. The van der Waals surface area contributed by atoms with Crippen molar-refractivity contribution in [3.05, 3.63) is 36.5 Å². The fraction of sp³-hybridized carbons (Fsp3) is 0.375. The Morgan fingerprint density at radius 3 is 2.95 bits per heavy atom. The van der Waals surface area contributed by atoms with E-state index in [0.29, 0.717) is 12.3 Å². The molecule has 20 heavy (non-hydrogen) atoms. The lowest BCUT2D eigenvalue weighted by Gasteiger charge is -2.37. The first-order valence-corrected chi connectivity index (χ1v) is 7.00. The van der Waals surface area contributed by atoms with Gasteiger partial charge in [-0.15, -0.1) is 0 Å². The van der Waals surface area contributed by atoms with Crippen molar-refractivity contribution in [1.82, 2.24) is 4.98 Å². The summed E-state index contributed by atoms with van der Waals surface area (Å²) in [5.74, 6) is 0.482. The molecule has 4 nitrogen and oxygen atoms in total. The van der Waals surface area contributed by atoms with Gasteiger partial charge < -0.3 is 10.0 Å². The molecule has 0 bridgehead atoms. The Bertz CT molecular complexity index is 636. The van der Waals surface area contributed by atoms with Gasteiger partial charge in [-0.25, -0.2) is 9.78 Å². The van der Waals surface area contributed by atoms with Crippen LogP contribution in [0.3, 0.4) is 0 Å². The van der Waals surface area contributed by atoms with Gasteiger partial charge in [0.2, 0.25) is 0 Å². The zero-order valence-electron chi connectivity index (χ0n) is 11.5. The largest absolute Gasteiger partial charge is 0.480 e. The second-order valence-electron chi connectivity index (χ2n) is 5.53. The van der Waals surface area contributed by atoms with Crippen LogP contribution in [-0.4, -0.2) is 28.6 Å². The molecule has 0 aliphatic carbocycles. The quantitative estimate of drug-likeness (QED) is 0.911. The molecule has 4 heteroatoms. The van der Waals surface area contributed by atoms with Crippen LogP contribution in [0, 0.1) is 5.92 Å². The Morgan fingerprint density at radius 2 is 2.15 bits per heavy atom. The molecule has 0 radical (unpaired) electrons. The number of benzene rings is 1. The van der Waals surface area contributed by atoms with Gasteiger partial charge in [-0.1, -0.05) is 31.2 Å². The second-order valence-corrected chi connectivity index (χ2v) is 5.53. The highest BCUT2D eigenvalue weighted by molar-refractivity contribution is 5.93. The van der Waals surface area contributed by atoms with Crippen LogP contribution < -0.4 is 4.90 Å². The van der Waals surface area contributed by atoms with Crippen molar-refractivity contribution in [3.63, 3.8) is 0 Å². The monoisotopic (exact) mass is 270 g/mol. The number of anilines is 1. The summed E-state index contributed by atoms with van der Waals surface area (Å²) in [6.07, 6.45) is 3.45. The van der Waals surface area contributed by atoms with E-state index in [-0.39, 0.29) is 0 Å². The van der Waals surface area contributed by atoms with Gasteiger partial charge in [0.15, 0.2) is 0 Å². The number of aromatic nitrogens is 1. The standard InChI is InChI=1S/C16H18N2O2/c1-11-7-9-18(14(10-11)16(19)20)15-13-5-3-2-4-12(13)6-8-17-15/h2-6,8,11,14H,7,9-10H2,1H3,(H,19,20). The van der Waals surface area contributed by atoms with Gasteiger partial charge in [0.05, 0.1) is 0 Å². The van der Waals surface area contributed by atoms with E-state index in [1.807, 2.05) is 35.2 Å². The molecule has 0 spiro atoms. The first-order valence-electron chi connectivity index (χ1n) is 7.00. The number of rotatable bonds is 2. The van der Waals surface area contributed by atoms with Crippen molar-refractivity contribution >= 4 is 22.6 Å². The van der Waals surface area contributed by atoms with Crippen LogP contribution in [0.1, 0.15) is 19.8 Å². The molecule has 1 aromatic heterocycles. The predicted octanol–water partition coefficient (Wildman–Crippen LogP) is 2.92. The summed E-state index contributed by atoms with van der Waals surface area (Å²) in [5, 5.41) is 11.6. The molecule has 1 saturated heterocycles. The van der Waals surface area contributed by atoms with Gasteiger partial charge in [0, 0.05) is 18.1 Å². The average molecular weight is 270 g/mol. The topological polar surface area (TPSA) is 53.4 Å². The summed E-state index contributed by atoms with van der Waals surface area (Å²) in [4.78, 5) is 18.0. The number of pyridine rings is 1. The third-order valence-corrected chi connectivity index (χ3v) is 4.07. The Hall–Kier alpha value is -2.10. The molecule has 1 aliphatic heterocycles. The Kier molecular flexibility index (Phi) is 3.30. The average Bonchev–Trinajstić information content (AvgIpc) is 2.46. The Balaban J connectivity index is 2.07. The number of carbonyl (C=O) groups is 1. The normalized spacial score (nSPS) is 22.9. The van der Waals surface area contributed by atoms with Crippen LogP contribution in [0.4, 0.5) is 5.82 Å². The summed E-state index contributed by atoms with van der Waals surface area (Å²) in [6, 6.07) is 9.48. The van der Waals surface area contributed by atoms with Crippen molar-refractivity contribution in [2.24, 2.45) is 5.92 Å². The van der Waals surface area contributed by atoms with Crippen LogP contribution in [0.5, 0.6) is 0 Å². The number of nitrogens with zero attached hydrogens (tertiary/aromatic N) is 2. The van der Waals surface area contributed by atoms with E-state index in [2.05, 4.69) is 11.9 Å². The molecular weight excluding hydrogens is 252 g/mol. The van der Waals surface area contributed by atoms with Crippen LogP contribution in [0.2, 0.25) is 0 Å². The van der Waals surface area contributed by atoms with Gasteiger partial charge in [-0.05, 0) is 30.2 Å². The summed E-state index contributed by atoms with van der Waals surface area (Å²) in [7, 11) is 0. The molecule has 2 heterocycles. The maximum Gasteiger partial charge on any atom is 0.326 e. The minimum atomic E-state index is -0.758. The first kappa shape index (κ1) is 12.9. The maximum absolute atomic E-state index is 11.6. The van der Waals surface area contributed by atoms with Crippen LogP contribution in [0.25, 0.3) is 10.8 Å². The van der Waals surface area contributed by atoms with Gasteiger partial charge in [0.25, 0.3) is 0 Å². The summed E-state index contributed by atoms with van der Waals surface area (Å²) in [6.45, 7) is 2.86. The second kappa shape index (κ2) is 5.12. The van der Waals surface area contributed by atoms with E-state index >= 15 is 0 Å². The highest BCUT2D eigenvalue weighted by Gasteiger charge is 2.33. The molecule has 2 aromatic rings. The predicted molar refractivity (Wildman–Crippen MR) is 78.9 cm³/mol. The van der Waals surface area contributed by atoms with Crippen LogP contribution in [-0.2, 0) is 4.79 Å². The van der Waals surface area contributed by atoms with E-state index < -0.39 is 12.0 Å². The van der Waals surface area contributed by atoms with Crippen molar-refractivity contribution in [3.8, 4) is 0 Å². The van der Waals surface area contributed by atoms with Crippen LogP contribution in [0.15, 0.2) is 36.5 Å². The van der Waals surface area contributed by atoms with Crippen molar-refractivity contribution in [1.29, 1.82) is 0 Å². The molecule has 0 amide bonds. The highest BCUT2D eigenvalue weighted by Crippen LogP contribution is 2.31. The SMILES string of the molecule is CC1CCN(c2nccc3ccccc23)C(C(=O)O)C1. The van der Waals surface area contributed by atoms with Gasteiger partial charge in [-0.3, -0.25) is 0 Å². The number of carboxylic acid groups (broad SMARTS) is 1. The first-order chi connectivity index (χ1) is 9.66. The van der Waals surface area contributed by atoms with E-state index in [4.69, 9.17) is 0 Å². The molecular formula is C16H18N2O2. The van der Waals surface area contributed by atoms with Crippen LogP contribution >= 0.6 is 0 Å². The molecule has 2 atom stereocenters. The van der Waals surface area contributed by atoms with Gasteiger partial charge in [0.1, 0.15) is 11.9 Å². The molecule has 3 rings (SSSR count). The molecule has 1 N–H and O–H groups in total. The Labute approximate surface area is 118 Å². The lowest BCUT2D eigenvalue weighted by molar-refractivity contribution is -0.139. The zero-order chi connectivity index (χ0) is 14.1. The maximum atomic E-state index is 11.6. The number of aliphatic carboxylic acids is 1. The van der Waals surface area contributed by atoms with E-state index in [9.17, 15) is 9.90 Å². The third-order valence-electron chi connectivity index (χ3n) is 4.07. The lowest BCUT2D eigenvalue weighted by atomic mass is 9.92. The van der Waals surface area contributed by atoms with Crippen molar-refractivity contribution < 1.29 is 9.90 Å². The minimum Gasteiger partial charge on any atom is -0.480 e. The smallest absolute Gasteiger partial charge is 0.326 e. The van der Waals surface area contributed by atoms with Gasteiger partial charge >= 0.3 is 5.97 Å². The van der Waals surface area contributed by atoms with Crippen molar-refractivity contribution in [2.45, 2.75) is 25.8 Å². The molecule has 104 valence electrons. The fourth-order valence-corrected chi connectivity index (χ4v) is 2.96. The number of hydrogen-bond donors (Lipinski definition) is 1. The third kappa shape index (κ3) is 2.22. The highest BCUT2D eigenvalue weighted by atomic mass is 16.4. The zero-order valence-corrected chi connectivity index (χ0v) is 11.5.